The molecule has 0 N–H and O–H groups in total. The van der Waals surface area contributed by atoms with Crippen LogP contribution in [0, 0.1) is 0 Å². The Morgan fingerprint density at radius 1 is 1.10 bits per heavy atom. The van der Waals surface area contributed by atoms with Gasteiger partial charge in [-0.05, 0) is 63.5 Å². The van der Waals surface area contributed by atoms with Gasteiger partial charge in [-0.15, -0.1) is 0 Å². The fraction of sp³-hybridized carbons (Fsp3) is 0.333. The molecule has 0 atom stereocenters. The van der Waals surface area contributed by atoms with E-state index in [0.717, 1.165) is 28.9 Å². The van der Waals surface area contributed by atoms with Crippen LogP contribution in [0.2, 0.25) is 5.02 Å². The summed E-state index contributed by atoms with van der Waals surface area (Å²) >= 11 is 7.38. The number of anilines is 1. The van der Waals surface area contributed by atoms with Crippen LogP contribution in [-0.4, -0.2) is 56.7 Å². The lowest BCUT2D eigenvalue weighted by Crippen LogP contribution is -2.36. The minimum Gasteiger partial charge on any atom is -0.497 e. The molecule has 8 heteroatoms. The van der Waals surface area contributed by atoms with Gasteiger partial charge in [0.2, 0.25) is 0 Å². The summed E-state index contributed by atoms with van der Waals surface area (Å²) in [5.41, 5.74) is 0.813. The fourth-order valence-electron chi connectivity index (χ4n) is 2.76. The van der Waals surface area contributed by atoms with Crippen molar-refractivity contribution >= 4 is 44.2 Å². The zero-order valence-electron chi connectivity index (χ0n) is 16.7. The molecule has 2 aromatic carbocycles. The van der Waals surface area contributed by atoms with Crippen molar-refractivity contribution in [2.45, 2.75) is 6.42 Å². The lowest BCUT2D eigenvalue weighted by atomic mass is 10.3. The van der Waals surface area contributed by atoms with Crippen LogP contribution in [0.25, 0.3) is 10.2 Å². The first-order valence-corrected chi connectivity index (χ1v) is 10.4. The average Bonchev–Trinajstić information content (AvgIpc) is 3.13. The molecular weight excluding hydrogens is 410 g/mol. The third-order valence-electron chi connectivity index (χ3n) is 4.28. The van der Waals surface area contributed by atoms with E-state index in [9.17, 15) is 4.79 Å². The topological polar surface area (TPSA) is 54.9 Å². The Balaban J connectivity index is 1.77. The molecule has 29 heavy (non-hydrogen) atoms. The molecule has 0 aliphatic heterocycles. The van der Waals surface area contributed by atoms with Crippen LogP contribution in [0.1, 0.15) is 6.42 Å². The highest BCUT2D eigenvalue weighted by Gasteiger charge is 2.20. The summed E-state index contributed by atoms with van der Waals surface area (Å²) in [6.45, 7) is 1.38. The quantitative estimate of drug-likeness (QED) is 0.503. The predicted octanol–water partition coefficient (Wildman–Crippen LogP) is 4.32. The SMILES string of the molecule is COc1ccc2sc(N(CCCN(C)C)C(=O)COc3ccc(Cl)cc3)nc2c1. The number of hydrogen-bond acceptors (Lipinski definition) is 6. The molecule has 0 fully saturated rings. The number of aromatic nitrogens is 1. The maximum atomic E-state index is 13.0. The number of thiazole rings is 1. The molecule has 0 spiro atoms. The van der Waals surface area contributed by atoms with E-state index in [2.05, 4.69) is 9.88 Å². The van der Waals surface area contributed by atoms with Crippen LogP contribution >= 0.6 is 22.9 Å². The Morgan fingerprint density at radius 3 is 2.52 bits per heavy atom. The van der Waals surface area contributed by atoms with Crippen molar-refractivity contribution in [3.8, 4) is 11.5 Å². The van der Waals surface area contributed by atoms with Crippen LogP contribution in [0.4, 0.5) is 5.13 Å². The van der Waals surface area contributed by atoms with Crippen molar-refractivity contribution in [3.05, 3.63) is 47.5 Å². The van der Waals surface area contributed by atoms with E-state index in [4.69, 9.17) is 21.1 Å². The molecule has 1 aromatic heterocycles. The highest BCUT2D eigenvalue weighted by atomic mass is 35.5. The molecule has 0 aliphatic rings. The summed E-state index contributed by atoms with van der Waals surface area (Å²) in [5, 5.41) is 1.29. The van der Waals surface area contributed by atoms with Gasteiger partial charge in [0.25, 0.3) is 5.91 Å². The first-order valence-electron chi connectivity index (χ1n) is 9.24. The Kier molecular flexibility index (Phi) is 7.30. The average molecular weight is 434 g/mol. The molecule has 0 unspecified atom stereocenters. The van der Waals surface area contributed by atoms with Gasteiger partial charge in [0.05, 0.1) is 17.3 Å². The highest BCUT2D eigenvalue weighted by Crippen LogP contribution is 2.31. The van der Waals surface area contributed by atoms with Crippen LogP contribution in [0.3, 0.4) is 0 Å². The molecule has 6 nitrogen and oxygen atoms in total. The summed E-state index contributed by atoms with van der Waals surface area (Å²) in [5.74, 6) is 1.21. The lowest BCUT2D eigenvalue weighted by Gasteiger charge is -2.21. The van der Waals surface area contributed by atoms with E-state index in [1.54, 1.807) is 36.3 Å². The van der Waals surface area contributed by atoms with Crippen molar-refractivity contribution in [1.82, 2.24) is 9.88 Å². The number of nitrogens with zero attached hydrogens (tertiary/aromatic N) is 3. The van der Waals surface area contributed by atoms with Crippen molar-refractivity contribution < 1.29 is 14.3 Å². The van der Waals surface area contributed by atoms with Gasteiger partial charge in [-0.2, -0.15) is 0 Å². The maximum absolute atomic E-state index is 13.0. The zero-order valence-corrected chi connectivity index (χ0v) is 18.3. The van der Waals surface area contributed by atoms with Gasteiger partial charge >= 0.3 is 0 Å². The van der Waals surface area contributed by atoms with E-state index >= 15 is 0 Å². The van der Waals surface area contributed by atoms with Gasteiger partial charge in [-0.25, -0.2) is 4.98 Å². The van der Waals surface area contributed by atoms with E-state index in [0.29, 0.717) is 22.4 Å². The Bertz CT molecular complexity index is 959. The van der Waals surface area contributed by atoms with Gasteiger partial charge in [-0.3, -0.25) is 9.69 Å². The highest BCUT2D eigenvalue weighted by molar-refractivity contribution is 7.22. The second-order valence-electron chi connectivity index (χ2n) is 6.77. The molecule has 1 amide bonds. The van der Waals surface area contributed by atoms with E-state index < -0.39 is 0 Å². The van der Waals surface area contributed by atoms with Crippen molar-refractivity contribution in [2.24, 2.45) is 0 Å². The third-order valence-corrected chi connectivity index (χ3v) is 5.59. The predicted molar refractivity (Wildman–Crippen MR) is 119 cm³/mol. The minimum atomic E-state index is -0.135. The largest absolute Gasteiger partial charge is 0.497 e. The first kappa shape index (κ1) is 21.4. The normalized spacial score (nSPS) is 11.1. The second kappa shape index (κ2) is 9.91. The van der Waals surface area contributed by atoms with Gasteiger partial charge in [0.1, 0.15) is 11.5 Å². The maximum Gasteiger partial charge on any atom is 0.266 e. The summed E-state index contributed by atoms with van der Waals surface area (Å²) in [7, 11) is 5.65. The lowest BCUT2D eigenvalue weighted by molar-refractivity contribution is -0.120. The van der Waals surface area contributed by atoms with Crippen LogP contribution in [0.15, 0.2) is 42.5 Å². The van der Waals surface area contributed by atoms with Gasteiger partial charge in [0.15, 0.2) is 11.7 Å². The molecule has 154 valence electrons. The fourth-order valence-corrected chi connectivity index (χ4v) is 3.88. The Morgan fingerprint density at radius 2 is 1.83 bits per heavy atom. The Labute approximate surface area is 179 Å². The molecule has 3 aromatic rings. The van der Waals surface area contributed by atoms with Crippen LogP contribution in [-0.2, 0) is 4.79 Å². The zero-order chi connectivity index (χ0) is 20.8. The van der Waals surface area contributed by atoms with Gasteiger partial charge in [-0.1, -0.05) is 22.9 Å². The molecule has 1 heterocycles. The molecular formula is C21H24ClN3O3S. The second-order valence-corrected chi connectivity index (χ2v) is 8.22. The third kappa shape index (κ3) is 5.82. The first-order chi connectivity index (χ1) is 14.0. The number of halogens is 1. The van der Waals surface area contributed by atoms with E-state index in [1.807, 2.05) is 32.3 Å². The number of amides is 1. The smallest absolute Gasteiger partial charge is 0.266 e. The van der Waals surface area contributed by atoms with Gasteiger partial charge in [0, 0.05) is 17.6 Å². The van der Waals surface area contributed by atoms with E-state index in [1.165, 1.54) is 11.3 Å². The number of carbonyl (C=O) groups is 1. The van der Waals surface area contributed by atoms with Crippen molar-refractivity contribution in [1.29, 1.82) is 0 Å². The molecule has 3 rings (SSSR count). The Hall–Kier alpha value is -2.35. The minimum absolute atomic E-state index is 0.0666. The molecule has 0 saturated carbocycles. The monoisotopic (exact) mass is 433 g/mol. The number of fused-ring (bicyclic) bond motifs is 1. The summed E-state index contributed by atoms with van der Waals surface area (Å²) in [6.07, 6.45) is 0.832. The number of rotatable bonds is 9. The molecule has 0 bridgehead atoms. The number of benzene rings is 2. The summed E-state index contributed by atoms with van der Waals surface area (Å²) < 4.78 is 11.9. The molecule has 0 aliphatic carbocycles. The van der Waals surface area contributed by atoms with Crippen molar-refractivity contribution in [2.75, 3.05) is 45.8 Å². The standard InChI is InChI=1S/C21H24ClN3O3S/c1-24(2)11-4-12-25(20(26)14-28-16-7-5-15(22)6-8-16)21-23-18-13-17(27-3)9-10-19(18)29-21/h5-10,13H,4,11-12,14H2,1-3H3. The van der Waals surface area contributed by atoms with Gasteiger partial charge < -0.3 is 14.4 Å². The number of carbonyl (C=O) groups excluding carboxylic acids is 1. The summed E-state index contributed by atoms with van der Waals surface area (Å²) in [4.78, 5) is 21.4. The van der Waals surface area contributed by atoms with E-state index in [-0.39, 0.29) is 12.5 Å². The number of methoxy groups -OCH3 is 1. The van der Waals surface area contributed by atoms with Crippen molar-refractivity contribution in [3.63, 3.8) is 0 Å². The van der Waals surface area contributed by atoms with Crippen LogP contribution in [0.5, 0.6) is 11.5 Å². The number of hydrogen-bond donors (Lipinski definition) is 0. The summed E-state index contributed by atoms with van der Waals surface area (Å²) in [6, 6.07) is 12.7. The number of ether oxygens (including phenoxy) is 2. The molecule has 0 saturated heterocycles. The van der Waals surface area contributed by atoms with Crippen LogP contribution < -0.4 is 14.4 Å². The molecule has 0 radical (unpaired) electrons.